The monoisotopic (exact) mass is 1360 g/mol. The van der Waals surface area contributed by atoms with E-state index < -0.39 is 23.5 Å². The molecule has 4 unspecified atom stereocenters. The molecule has 4 aliphatic heterocycles. The normalized spacial score (nSPS) is 16.4. The zero-order chi connectivity index (χ0) is 69.2. The van der Waals surface area contributed by atoms with Crippen molar-refractivity contribution in [3.63, 3.8) is 0 Å². The first-order valence-electron chi connectivity index (χ1n) is 32.1. The van der Waals surface area contributed by atoms with E-state index in [0.717, 1.165) is 105 Å². The molecule has 4 aliphatic rings. The molecule has 2 N–H and O–H groups in total. The number of allylic oxidation sites excluding steroid dienone is 7. The van der Waals surface area contributed by atoms with Gasteiger partial charge in [0.25, 0.3) is 0 Å². The number of nitriles is 4. The third-order valence-electron chi connectivity index (χ3n) is 18.5. The van der Waals surface area contributed by atoms with Crippen LogP contribution in [0.4, 0.5) is 13.2 Å². The van der Waals surface area contributed by atoms with Crippen LogP contribution < -0.4 is 24.7 Å². The number of benzene rings is 12. The average Bonchev–Trinajstić information content (AvgIpc) is 0.898. The van der Waals surface area contributed by atoms with E-state index in [9.17, 15) is 34.2 Å². The van der Waals surface area contributed by atoms with Gasteiger partial charge in [0, 0.05) is 59.4 Å². The first-order valence-corrected chi connectivity index (χ1v) is 32.9. The Labute approximate surface area is 580 Å². The lowest BCUT2D eigenvalue weighted by atomic mass is 9.81. The Hall–Kier alpha value is -12.1. The van der Waals surface area contributed by atoms with E-state index in [2.05, 4.69) is 115 Å². The molecule has 0 saturated carbocycles. The van der Waals surface area contributed by atoms with Gasteiger partial charge in [-0.25, -0.2) is 13.2 Å². The Balaban J connectivity index is 0.000000119. The van der Waals surface area contributed by atoms with E-state index in [-0.39, 0.29) is 34.7 Å². The number of fused-ring (bicyclic) bond motifs is 12. The highest BCUT2D eigenvalue weighted by Crippen LogP contribution is 2.51. The molecule has 4 heterocycles. The molecule has 0 spiro atoms. The molecule has 482 valence electrons. The number of hydrogen-bond acceptors (Lipinski definition) is 9. The highest BCUT2D eigenvalue weighted by atomic mass is 79.9. The quantitative estimate of drug-likeness (QED) is 0.177. The van der Waals surface area contributed by atoms with Crippen LogP contribution in [0.25, 0.3) is 43.1 Å². The van der Waals surface area contributed by atoms with Crippen molar-refractivity contribution in [1.82, 2.24) is 0 Å². The molecule has 0 aromatic heterocycles. The predicted octanol–water partition coefficient (Wildman–Crippen LogP) is 21.8. The van der Waals surface area contributed by atoms with E-state index in [1.165, 1.54) is 11.6 Å². The number of rotatable bonds is 5. The fraction of sp³-hybridized carbons (Fsp3) is 0.116. The summed E-state index contributed by atoms with van der Waals surface area (Å²) in [5.41, 5.74) is 15.5. The van der Waals surface area contributed by atoms with E-state index in [1.807, 2.05) is 140 Å². The molecule has 0 amide bonds. The third kappa shape index (κ3) is 12.4. The Bertz CT molecular complexity index is 5400. The molecule has 0 aliphatic carbocycles. The van der Waals surface area contributed by atoms with Crippen molar-refractivity contribution in [3.05, 3.63) is 354 Å². The van der Waals surface area contributed by atoms with Crippen molar-refractivity contribution in [3.8, 4) is 47.3 Å². The molecule has 0 saturated heterocycles. The van der Waals surface area contributed by atoms with Crippen LogP contribution in [-0.2, 0) is 0 Å². The fourth-order valence-corrected chi connectivity index (χ4v) is 14.2. The summed E-state index contributed by atoms with van der Waals surface area (Å²) in [6.07, 6.45) is 0. The van der Waals surface area contributed by atoms with Gasteiger partial charge in [0.2, 0.25) is 5.88 Å². The Morgan fingerprint density at radius 3 is 1.13 bits per heavy atom. The van der Waals surface area contributed by atoms with Crippen molar-refractivity contribution >= 4 is 59.0 Å². The van der Waals surface area contributed by atoms with Gasteiger partial charge in [-0.15, -0.1) is 0 Å². The highest BCUT2D eigenvalue weighted by molar-refractivity contribution is 9.10. The zero-order valence-electron chi connectivity index (χ0n) is 54.4. The molecule has 9 nitrogen and oxygen atoms in total. The lowest BCUT2D eigenvalue weighted by Crippen LogP contribution is -2.21. The van der Waals surface area contributed by atoms with Gasteiger partial charge in [0.05, 0.1) is 58.6 Å². The van der Waals surface area contributed by atoms with E-state index >= 15 is 0 Å². The van der Waals surface area contributed by atoms with Gasteiger partial charge in [-0.3, -0.25) is 0 Å². The van der Waals surface area contributed by atoms with Crippen LogP contribution in [0, 0.1) is 62.8 Å². The van der Waals surface area contributed by atoms with Gasteiger partial charge >= 0.3 is 0 Å². The molecule has 0 radical (unpaired) electrons. The molecule has 4 atom stereocenters. The molecule has 0 bridgehead atoms. The largest absolute Gasteiger partial charge is 0.460 e. The molecular weight excluding hydrogens is 1300 g/mol. The van der Waals surface area contributed by atoms with Gasteiger partial charge in [-0.2, -0.15) is 21.0 Å². The van der Waals surface area contributed by atoms with E-state index in [0.29, 0.717) is 62.5 Å². The number of hydrogen-bond donors (Lipinski definition) is 1. The molecular formula is C86H61BrF3N5O4. The minimum atomic E-state index is -0.700. The van der Waals surface area contributed by atoms with Crippen LogP contribution >= 0.6 is 15.9 Å². The topological polar surface area (TPSA) is 158 Å². The summed E-state index contributed by atoms with van der Waals surface area (Å²) in [5.74, 6) is 2.24. The van der Waals surface area contributed by atoms with Crippen LogP contribution in [0.2, 0.25) is 0 Å². The summed E-state index contributed by atoms with van der Waals surface area (Å²) in [6.45, 7) is 9.64. The predicted molar refractivity (Wildman–Crippen MR) is 385 cm³/mol. The maximum atomic E-state index is 14.5. The minimum absolute atomic E-state index is 0.126. The first kappa shape index (κ1) is 65.5. The number of ether oxygens (including phenoxy) is 4. The Morgan fingerprint density at radius 2 is 0.717 bits per heavy atom. The number of halogens is 4. The lowest BCUT2D eigenvalue weighted by molar-refractivity contribution is 0.398. The van der Waals surface area contributed by atoms with Crippen LogP contribution in [0.15, 0.2) is 287 Å². The van der Waals surface area contributed by atoms with Gasteiger partial charge in [-0.1, -0.05) is 236 Å². The van der Waals surface area contributed by atoms with Crippen molar-refractivity contribution in [1.29, 1.82) is 21.0 Å². The standard InChI is InChI=1S/C23H20N2O.C21H14BrNO.C21H13F2NO.C21H14FNO/c1-14(2)15-7-9-17(10-8-15)21-19-12-11-16-5-3-4-6-18(16)22(19)26-23(25)20(21)13-24;1-13-18(12-23)20(16-8-4-5-9-19(16)22)17-11-10-14-6-2-3-7-15(14)21(17)24-13;1-12-18(11-24)20(17-10-14(22)7-9-19(17)23)16-8-6-13-4-2-3-5-15(13)21(16)25-12;1-13-18(12-23)20(16-8-4-5-9-19(16)22)17-11-10-14-6-2-3-7-15(14)21(17)24-13/h3-12,14,21H,25H2,1-2H3;2-11,20H,1H3;2-10,20H,1H3;2-11,20H,1H3. The average molecular weight is 1370 g/mol. The summed E-state index contributed by atoms with van der Waals surface area (Å²) >= 11 is 3.64. The van der Waals surface area contributed by atoms with Crippen molar-refractivity contribution < 1.29 is 32.1 Å². The summed E-state index contributed by atoms with van der Waals surface area (Å²) in [5, 5.41) is 46.8. The second kappa shape index (κ2) is 27.9. The number of nitrogens with two attached hydrogens (primary N) is 1. The zero-order valence-corrected chi connectivity index (χ0v) is 56.0. The van der Waals surface area contributed by atoms with E-state index in [4.69, 9.17) is 24.7 Å². The maximum Gasteiger partial charge on any atom is 0.205 e. The van der Waals surface area contributed by atoms with Crippen LogP contribution in [0.3, 0.4) is 0 Å². The molecule has 13 heteroatoms. The summed E-state index contributed by atoms with van der Waals surface area (Å²) < 4.78 is 67.5. The van der Waals surface area contributed by atoms with Crippen LogP contribution in [0.5, 0.6) is 23.0 Å². The lowest BCUT2D eigenvalue weighted by Gasteiger charge is -2.28. The van der Waals surface area contributed by atoms with Crippen molar-refractivity contribution in [2.45, 2.75) is 64.2 Å². The third-order valence-corrected chi connectivity index (χ3v) is 19.3. The van der Waals surface area contributed by atoms with E-state index in [1.54, 1.807) is 32.0 Å². The second-order valence-electron chi connectivity index (χ2n) is 24.6. The fourth-order valence-electron chi connectivity index (χ4n) is 13.7. The molecule has 12 aromatic carbocycles. The minimum Gasteiger partial charge on any atom is -0.460 e. The molecule has 12 aromatic rings. The smallest absolute Gasteiger partial charge is 0.205 e. The van der Waals surface area contributed by atoms with Gasteiger partial charge in [0.15, 0.2) is 0 Å². The van der Waals surface area contributed by atoms with Crippen LogP contribution in [0.1, 0.15) is 114 Å². The van der Waals surface area contributed by atoms with Gasteiger partial charge < -0.3 is 24.7 Å². The highest BCUT2D eigenvalue weighted by Gasteiger charge is 2.37. The van der Waals surface area contributed by atoms with Gasteiger partial charge in [0.1, 0.15) is 69.4 Å². The van der Waals surface area contributed by atoms with Crippen molar-refractivity contribution in [2.75, 3.05) is 0 Å². The Kier molecular flexibility index (Phi) is 18.5. The SMILES string of the molecule is CC(C)c1ccc(C2C(C#N)=C(N)Oc3c2ccc2ccccc32)cc1.CC1=C(C#N)C(c2cc(F)ccc2F)c2ccc3ccccc3c2O1.CC1=C(C#N)C(c2ccccc2Br)c2ccc3ccccc3c2O1.CC1=C(C#N)C(c2ccccc2F)c2ccc3ccccc3c2O1. The molecule has 99 heavy (non-hydrogen) atoms. The van der Waals surface area contributed by atoms with Crippen LogP contribution in [-0.4, -0.2) is 0 Å². The summed E-state index contributed by atoms with van der Waals surface area (Å²) in [4.78, 5) is 0. The molecule has 16 rings (SSSR count). The molecule has 0 fully saturated rings. The Morgan fingerprint density at radius 1 is 0.364 bits per heavy atom. The second-order valence-corrected chi connectivity index (χ2v) is 25.5. The summed E-state index contributed by atoms with van der Waals surface area (Å²) in [6, 6.07) is 83.1. The summed E-state index contributed by atoms with van der Waals surface area (Å²) in [7, 11) is 0. The van der Waals surface area contributed by atoms with Gasteiger partial charge in [-0.05, 0) is 95.3 Å². The number of nitrogens with zero attached hydrogens (tertiary/aromatic N) is 4. The van der Waals surface area contributed by atoms with Crippen molar-refractivity contribution in [2.24, 2.45) is 5.73 Å². The first-order chi connectivity index (χ1) is 48.1. The maximum absolute atomic E-state index is 14.5.